The van der Waals surface area contributed by atoms with Gasteiger partial charge in [0.1, 0.15) is 5.82 Å². The molecule has 0 aliphatic carbocycles. The van der Waals surface area contributed by atoms with E-state index in [9.17, 15) is 17.6 Å². The normalized spacial score (nSPS) is 11.9. The molecule has 0 aliphatic heterocycles. The average molecular weight is 274 g/mol. The molecule has 102 valence electrons. The van der Waals surface area contributed by atoms with Crippen LogP contribution in [0.1, 0.15) is 17.0 Å². The highest BCUT2D eigenvalue weighted by Crippen LogP contribution is 2.29. The molecule has 2 rings (SSSR count). The van der Waals surface area contributed by atoms with Gasteiger partial charge < -0.3 is 5.11 Å². The minimum Gasteiger partial charge on any atom is -0.392 e. The van der Waals surface area contributed by atoms with E-state index in [1.54, 1.807) is 0 Å². The molecule has 1 aromatic heterocycles. The van der Waals surface area contributed by atoms with Gasteiger partial charge in [0, 0.05) is 11.3 Å². The number of rotatable bonds is 2. The van der Waals surface area contributed by atoms with Crippen molar-refractivity contribution in [2.24, 2.45) is 0 Å². The molecule has 0 amide bonds. The lowest BCUT2D eigenvalue weighted by Crippen LogP contribution is -2.07. The van der Waals surface area contributed by atoms with Crippen molar-refractivity contribution in [2.75, 3.05) is 0 Å². The number of aliphatic hydroxyl groups excluding tert-OH is 1. The van der Waals surface area contributed by atoms with Crippen LogP contribution in [0.4, 0.5) is 17.6 Å². The van der Waals surface area contributed by atoms with Crippen molar-refractivity contribution >= 4 is 0 Å². The number of aromatic nitrogens is 2. The molecule has 0 radical (unpaired) electrons. The predicted octanol–water partition coefficient (Wildman–Crippen LogP) is 2.83. The van der Waals surface area contributed by atoms with Crippen molar-refractivity contribution in [3.63, 3.8) is 0 Å². The van der Waals surface area contributed by atoms with Gasteiger partial charge in [-0.25, -0.2) is 9.07 Å². The van der Waals surface area contributed by atoms with Crippen molar-refractivity contribution < 1.29 is 22.7 Å². The van der Waals surface area contributed by atoms with Crippen molar-refractivity contribution in [1.29, 1.82) is 0 Å². The van der Waals surface area contributed by atoms with Gasteiger partial charge in [-0.1, -0.05) is 6.07 Å². The quantitative estimate of drug-likeness (QED) is 0.855. The van der Waals surface area contributed by atoms with Gasteiger partial charge in [-0.05, 0) is 25.1 Å². The Bertz CT molecular complexity index is 604. The molecule has 1 N–H and O–H groups in total. The molecule has 0 saturated carbocycles. The van der Waals surface area contributed by atoms with Gasteiger partial charge in [0.05, 0.1) is 12.3 Å². The first-order chi connectivity index (χ1) is 8.82. The molecular weight excluding hydrogens is 264 g/mol. The fraction of sp³-hybridized carbons (Fsp3) is 0.250. The number of nitrogens with zero attached hydrogens (tertiary/aromatic N) is 2. The minimum absolute atomic E-state index is 0.0737. The predicted molar refractivity (Wildman–Crippen MR) is 59.2 cm³/mol. The summed E-state index contributed by atoms with van der Waals surface area (Å²) in [7, 11) is 0. The first-order valence-electron chi connectivity index (χ1n) is 5.36. The standard InChI is InChI=1S/C12H10F4N2O/c1-7-4-11(12(14,15)16)17-18(7)9-3-2-8(6-19)10(13)5-9/h2-5,19H,6H2,1H3. The van der Waals surface area contributed by atoms with Crippen LogP contribution in [0.15, 0.2) is 24.3 Å². The first kappa shape index (κ1) is 13.5. The van der Waals surface area contributed by atoms with Crippen LogP contribution < -0.4 is 0 Å². The Labute approximate surface area is 106 Å². The maximum atomic E-state index is 13.5. The lowest BCUT2D eigenvalue weighted by molar-refractivity contribution is -0.141. The summed E-state index contributed by atoms with van der Waals surface area (Å²) in [6, 6.07) is 4.62. The van der Waals surface area contributed by atoms with Crippen LogP contribution in [0, 0.1) is 12.7 Å². The van der Waals surface area contributed by atoms with Crippen LogP contribution in [0.2, 0.25) is 0 Å². The highest BCUT2D eigenvalue weighted by molar-refractivity contribution is 5.37. The Kier molecular flexibility index (Phi) is 3.32. The second-order valence-corrected chi connectivity index (χ2v) is 4.01. The van der Waals surface area contributed by atoms with E-state index < -0.39 is 24.3 Å². The summed E-state index contributed by atoms with van der Waals surface area (Å²) >= 11 is 0. The van der Waals surface area contributed by atoms with Crippen molar-refractivity contribution in [2.45, 2.75) is 19.7 Å². The topological polar surface area (TPSA) is 38.0 Å². The molecule has 0 atom stereocenters. The maximum absolute atomic E-state index is 13.5. The third kappa shape index (κ3) is 2.60. The molecular formula is C12H10F4N2O. The van der Waals surface area contributed by atoms with Crippen LogP contribution >= 0.6 is 0 Å². The molecule has 19 heavy (non-hydrogen) atoms. The first-order valence-corrected chi connectivity index (χ1v) is 5.36. The van der Waals surface area contributed by atoms with Gasteiger partial charge in [-0.2, -0.15) is 18.3 Å². The van der Waals surface area contributed by atoms with Crippen molar-refractivity contribution in [3.8, 4) is 5.69 Å². The molecule has 3 nitrogen and oxygen atoms in total. The zero-order valence-corrected chi connectivity index (χ0v) is 9.87. The number of aliphatic hydroxyl groups is 1. The SMILES string of the molecule is Cc1cc(C(F)(F)F)nn1-c1ccc(CO)c(F)c1. The summed E-state index contributed by atoms with van der Waals surface area (Å²) in [6.45, 7) is 0.970. The average Bonchev–Trinajstić information content (AvgIpc) is 2.71. The smallest absolute Gasteiger partial charge is 0.392 e. The van der Waals surface area contributed by atoms with E-state index in [0.29, 0.717) is 0 Å². The molecule has 1 aromatic carbocycles. The Morgan fingerprint density at radius 3 is 2.42 bits per heavy atom. The van der Waals surface area contributed by atoms with E-state index >= 15 is 0 Å². The molecule has 0 bridgehead atoms. The molecule has 0 unspecified atom stereocenters. The Hall–Kier alpha value is -1.89. The number of hydrogen-bond acceptors (Lipinski definition) is 2. The summed E-state index contributed by atoms with van der Waals surface area (Å²) in [6.07, 6.45) is -4.54. The van der Waals surface area contributed by atoms with E-state index in [1.807, 2.05) is 0 Å². The summed E-state index contributed by atoms with van der Waals surface area (Å²) in [5, 5.41) is 12.2. The molecule has 0 aliphatic rings. The monoisotopic (exact) mass is 274 g/mol. The van der Waals surface area contributed by atoms with Crippen molar-refractivity contribution in [1.82, 2.24) is 9.78 Å². The van der Waals surface area contributed by atoms with Gasteiger partial charge in [0.2, 0.25) is 0 Å². The fourth-order valence-corrected chi connectivity index (χ4v) is 1.67. The number of hydrogen-bond donors (Lipinski definition) is 1. The van der Waals surface area contributed by atoms with Gasteiger partial charge in [0.25, 0.3) is 0 Å². The van der Waals surface area contributed by atoms with Crippen molar-refractivity contribution in [3.05, 3.63) is 47.0 Å². The van der Waals surface area contributed by atoms with Crippen LogP contribution in [-0.4, -0.2) is 14.9 Å². The molecule has 0 saturated heterocycles. The molecule has 0 fully saturated rings. The van der Waals surface area contributed by atoms with Crippen LogP contribution in [0.25, 0.3) is 5.69 Å². The Morgan fingerprint density at radius 2 is 1.95 bits per heavy atom. The molecule has 0 spiro atoms. The highest BCUT2D eigenvalue weighted by atomic mass is 19.4. The largest absolute Gasteiger partial charge is 0.435 e. The summed E-state index contributed by atoms with van der Waals surface area (Å²) in [5.41, 5.74) is -0.549. The van der Waals surface area contributed by atoms with Crippen LogP contribution in [0.3, 0.4) is 0 Å². The van der Waals surface area contributed by atoms with E-state index in [1.165, 1.54) is 19.1 Å². The summed E-state index contributed by atoms with van der Waals surface area (Å²) < 4.78 is 52.0. The van der Waals surface area contributed by atoms with Crippen LogP contribution in [-0.2, 0) is 12.8 Å². The Morgan fingerprint density at radius 1 is 1.26 bits per heavy atom. The van der Waals surface area contributed by atoms with Gasteiger partial charge >= 0.3 is 6.18 Å². The second-order valence-electron chi connectivity index (χ2n) is 4.01. The maximum Gasteiger partial charge on any atom is 0.435 e. The fourth-order valence-electron chi connectivity index (χ4n) is 1.67. The lowest BCUT2D eigenvalue weighted by atomic mass is 10.2. The van der Waals surface area contributed by atoms with Gasteiger partial charge in [0.15, 0.2) is 5.69 Å². The number of benzene rings is 1. The number of halogens is 4. The van der Waals surface area contributed by atoms with E-state index in [-0.39, 0.29) is 16.9 Å². The molecule has 2 aromatic rings. The zero-order chi connectivity index (χ0) is 14.2. The highest BCUT2D eigenvalue weighted by Gasteiger charge is 2.34. The number of alkyl halides is 3. The van der Waals surface area contributed by atoms with E-state index in [2.05, 4.69) is 5.10 Å². The van der Waals surface area contributed by atoms with Crippen LogP contribution in [0.5, 0.6) is 0 Å². The van der Waals surface area contributed by atoms with E-state index in [4.69, 9.17) is 5.11 Å². The Balaban J connectivity index is 2.48. The second kappa shape index (κ2) is 4.65. The molecule has 7 heteroatoms. The van der Waals surface area contributed by atoms with E-state index in [0.717, 1.165) is 16.8 Å². The lowest BCUT2D eigenvalue weighted by Gasteiger charge is -2.06. The third-order valence-electron chi connectivity index (χ3n) is 2.63. The summed E-state index contributed by atoms with van der Waals surface area (Å²) in [4.78, 5) is 0. The third-order valence-corrected chi connectivity index (χ3v) is 2.63. The van der Waals surface area contributed by atoms with Gasteiger partial charge in [-0.3, -0.25) is 0 Å². The number of aryl methyl sites for hydroxylation is 1. The summed E-state index contributed by atoms with van der Waals surface area (Å²) in [5.74, 6) is -0.691. The van der Waals surface area contributed by atoms with Gasteiger partial charge in [-0.15, -0.1) is 0 Å². The molecule has 1 heterocycles. The zero-order valence-electron chi connectivity index (χ0n) is 9.87. The minimum atomic E-state index is -4.54.